The lowest BCUT2D eigenvalue weighted by molar-refractivity contribution is -0.184. The fourth-order valence-electron chi connectivity index (χ4n) is 3.19. The van der Waals surface area contributed by atoms with Crippen LogP contribution in [0.4, 0.5) is 0 Å². The molecule has 0 fully saturated rings. The zero-order valence-electron chi connectivity index (χ0n) is 14.3. The molecule has 1 heterocycles. The van der Waals surface area contributed by atoms with Crippen LogP contribution >= 0.6 is 22.2 Å². The highest BCUT2D eigenvalue weighted by atomic mass is 35.7. The van der Waals surface area contributed by atoms with E-state index in [9.17, 15) is 0 Å². The summed E-state index contributed by atoms with van der Waals surface area (Å²) in [6, 6.07) is 25.9. The van der Waals surface area contributed by atoms with Crippen LogP contribution in [0.5, 0.6) is 5.75 Å². The molecule has 0 N–H and O–H groups in total. The Kier molecular flexibility index (Phi) is 4.57. The molecule has 0 atom stereocenters. The largest absolute Gasteiger partial charge is 0.453 e. The van der Waals surface area contributed by atoms with Crippen molar-refractivity contribution >= 4 is 34.0 Å². The van der Waals surface area contributed by atoms with E-state index >= 15 is 0 Å². The average Bonchev–Trinajstić information content (AvgIpc) is 2.68. The molecule has 4 rings (SSSR count). The third kappa shape index (κ3) is 3.16. The summed E-state index contributed by atoms with van der Waals surface area (Å²) in [4.78, 5) is 0. The summed E-state index contributed by atoms with van der Waals surface area (Å²) in [5, 5.41) is 0.957. The zero-order valence-corrected chi connectivity index (χ0v) is 16.8. The maximum atomic E-state index is 6.47. The minimum absolute atomic E-state index is 0.422. The minimum atomic E-state index is -2.42. The van der Waals surface area contributed by atoms with Gasteiger partial charge in [0.1, 0.15) is 5.75 Å². The van der Waals surface area contributed by atoms with E-state index in [4.69, 9.17) is 31.6 Å². The molecule has 0 aliphatic carbocycles. The van der Waals surface area contributed by atoms with E-state index in [1.54, 1.807) is 0 Å². The van der Waals surface area contributed by atoms with Gasteiger partial charge in [-0.05, 0) is 17.8 Å². The minimum Gasteiger partial charge on any atom is -0.453 e. The first kappa shape index (κ1) is 17.6. The number of halogens is 2. The van der Waals surface area contributed by atoms with Crippen molar-refractivity contribution in [3.63, 3.8) is 0 Å². The van der Waals surface area contributed by atoms with Gasteiger partial charge >= 0.3 is 0 Å². The first-order chi connectivity index (χ1) is 12.5. The SMILES string of the molecule is C[Si](Cl)(Cl)c1ccc2c(c1)COC(c1ccccc1)(c1ccccc1)O2. The summed E-state index contributed by atoms with van der Waals surface area (Å²) in [5.74, 6) is -0.182. The van der Waals surface area contributed by atoms with Crippen molar-refractivity contribution < 1.29 is 9.47 Å². The van der Waals surface area contributed by atoms with Gasteiger partial charge in [-0.2, -0.15) is 0 Å². The van der Waals surface area contributed by atoms with Crippen molar-refractivity contribution in [1.29, 1.82) is 0 Å². The van der Waals surface area contributed by atoms with Crippen LogP contribution in [0, 0.1) is 0 Å². The van der Waals surface area contributed by atoms with Gasteiger partial charge < -0.3 is 9.47 Å². The average molecular weight is 401 g/mol. The van der Waals surface area contributed by atoms with Crippen LogP contribution in [-0.4, -0.2) is 6.69 Å². The van der Waals surface area contributed by atoms with Crippen LogP contribution in [0.1, 0.15) is 16.7 Å². The molecule has 1 aliphatic heterocycles. The molecular formula is C21H18Cl2O2Si. The highest BCUT2D eigenvalue weighted by Crippen LogP contribution is 2.42. The maximum Gasteiger partial charge on any atom is 0.277 e. The summed E-state index contributed by atoms with van der Waals surface area (Å²) in [6.45, 7) is -0.111. The molecule has 2 nitrogen and oxygen atoms in total. The topological polar surface area (TPSA) is 18.5 Å². The Balaban J connectivity index is 1.81. The Hall–Kier alpha value is -1.78. The van der Waals surface area contributed by atoms with Gasteiger partial charge in [-0.15, -0.1) is 22.2 Å². The second-order valence-electron chi connectivity index (χ2n) is 6.45. The Morgan fingerprint density at radius 2 is 1.42 bits per heavy atom. The van der Waals surface area contributed by atoms with Crippen LogP contribution in [0.25, 0.3) is 0 Å². The lowest BCUT2D eigenvalue weighted by Crippen LogP contribution is -2.41. The molecule has 0 radical (unpaired) electrons. The van der Waals surface area contributed by atoms with Crippen molar-refractivity contribution in [3.05, 3.63) is 95.6 Å². The lowest BCUT2D eigenvalue weighted by atomic mass is 9.95. The summed E-state index contributed by atoms with van der Waals surface area (Å²) < 4.78 is 12.8. The lowest BCUT2D eigenvalue weighted by Gasteiger charge is -2.39. The number of benzene rings is 3. The van der Waals surface area contributed by atoms with Crippen molar-refractivity contribution in [3.8, 4) is 5.75 Å². The summed E-state index contributed by atoms with van der Waals surface area (Å²) in [5.41, 5.74) is 2.87. The van der Waals surface area contributed by atoms with Crippen LogP contribution in [0.15, 0.2) is 78.9 Å². The van der Waals surface area contributed by atoms with Crippen LogP contribution in [-0.2, 0) is 17.1 Å². The Morgan fingerprint density at radius 3 is 1.96 bits per heavy atom. The molecule has 26 heavy (non-hydrogen) atoms. The third-order valence-corrected chi connectivity index (χ3v) is 7.19. The van der Waals surface area contributed by atoms with E-state index in [0.717, 1.165) is 27.6 Å². The molecule has 5 heteroatoms. The fourth-order valence-corrected chi connectivity index (χ4v) is 4.70. The molecule has 1 aliphatic rings. The van der Waals surface area contributed by atoms with E-state index in [1.807, 2.05) is 85.4 Å². The molecule has 0 amide bonds. The molecule has 0 bridgehead atoms. The van der Waals surface area contributed by atoms with E-state index in [0.29, 0.717) is 6.61 Å². The van der Waals surface area contributed by atoms with Crippen LogP contribution in [0.3, 0.4) is 0 Å². The van der Waals surface area contributed by atoms with Gasteiger partial charge in [-0.3, -0.25) is 0 Å². The number of hydrogen-bond donors (Lipinski definition) is 0. The molecule has 0 saturated heterocycles. The molecule has 0 unspecified atom stereocenters. The van der Waals surface area contributed by atoms with Gasteiger partial charge in [0.2, 0.25) is 0 Å². The van der Waals surface area contributed by atoms with Crippen LogP contribution < -0.4 is 9.92 Å². The number of fused-ring (bicyclic) bond motifs is 1. The van der Waals surface area contributed by atoms with Crippen molar-refractivity contribution in [2.45, 2.75) is 18.9 Å². The first-order valence-corrected chi connectivity index (χ1v) is 13.0. The number of hydrogen-bond acceptors (Lipinski definition) is 2. The Bertz CT molecular complexity index is 869. The quantitative estimate of drug-likeness (QED) is 0.441. The number of ether oxygens (including phenoxy) is 2. The summed E-state index contributed by atoms with van der Waals surface area (Å²) >= 11 is 12.7. The number of rotatable bonds is 3. The Labute approximate surface area is 163 Å². The molecule has 0 aromatic heterocycles. The second-order valence-corrected chi connectivity index (χ2v) is 13.9. The monoisotopic (exact) mass is 400 g/mol. The van der Waals surface area contributed by atoms with Crippen LogP contribution in [0.2, 0.25) is 6.55 Å². The van der Waals surface area contributed by atoms with E-state index < -0.39 is 12.5 Å². The molecule has 0 saturated carbocycles. The maximum absolute atomic E-state index is 6.47. The van der Waals surface area contributed by atoms with Gasteiger partial charge in [0.25, 0.3) is 12.5 Å². The first-order valence-electron chi connectivity index (χ1n) is 8.44. The Morgan fingerprint density at radius 1 is 0.846 bits per heavy atom. The van der Waals surface area contributed by atoms with E-state index in [1.165, 1.54) is 0 Å². The normalized spacial score (nSPS) is 15.8. The standard InChI is InChI=1S/C21H18Cl2O2Si/c1-26(22,23)19-12-13-20-16(14-19)15-24-21(25-20,17-8-4-2-5-9-17)18-10-6-3-7-11-18/h2-14H,15H2,1H3. The van der Waals surface area contributed by atoms with Gasteiger partial charge in [0.15, 0.2) is 0 Å². The van der Waals surface area contributed by atoms with Gasteiger partial charge in [-0.25, -0.2) is 0 Å². The van der Waals surface area contributed by atoms with Gasteiger partial charge in [0.05, 0.1) is 6.61 Å². The van der Waals surface area contributed by atoms with E-state index in [2.05, 4.69) is 0 Å². The third-order valence-electron chi connectivity index (χ3n) is 4.56. The second kappa shape index (κ2) is 6.75. The van der Waals surface area contributed by atoms with Crippen molar-refractivity contribution in [2.75, 3.05) is 0 Å². The molecule has 0 spiro atoms. The summed E-state index contributed by atoms with van der Waals surface area (Å²) in [7, 11) is 0. The smallest absolute Gasteiger partial charge is 0.277 e. The van der Waals surface area contributed by atoms with E-state index in [-0.39, 0.29) is 0 Å². The zero-order chi connectivity index (χ0) is 18.2. The highest BCUT2D eigenvalue weighted by Gasteiger charge is 2.42. The molecule has 3 aromatic rings. The fraction of sp³-hybridized carbons (Fsp3) is 0.143. The van der Waals surface area contributed by atoms with Gasteiger partial charge in [0, 0.05) is 16.7 Å². The molecule has 132 valence electrons. The van der Waals surface area contributed by atoms with Crippen molar-refractivity contribution in [2.24, 2.45) is 0 Å². The van der Waals surface area contributed by atoms with Crippen molar-refractivity contribution in [1.82, 2.24) is 0 Å². The molecular weight excluding hydrogens is 383 g/mol. The molecule has 3 aromatic carbocycles. The predicted molar refractivity (Wildman–Crippen MR) is 108 cm³/mol. The predicted octanol–water partition coefficient (Wildman–Crippen LogP) is 5.25. The highest BCUT2D eigenvalue weighted by molar-refractivity contribution is 7.50. The van der Waals surface area contributed by atoms with Gasteiger partial charge in [-0.1, -0.05) is 72.8 Å². The summed E-state index contributed by atoms with van der Waals surface area (Å²) in [6.07, 6.45) is 0.